The lowest BCUT2D eigenvalue weighted by atomic mass is 10.1. The number of aromatic nitrogens is 2. The van der Waals surface area contributed by atoms with Gasteiger partial charge >= 0.3 is 23.9 Å². The van der Waals surface area contributed by atoms with Crippen molar-refractivity contribution < 1.29 is 44.4 Å². The highest BCUT2D eigenvalue weighted by molar-refractivity contribution is 6.30. The van der Waals surface area contributed by atoms with E-state index in [0.29, 0.717) is 42.5 Å². The second-order valence-corrected chi connectivity index (χ2v) is 6.67. The number of hydrogen-bond donors (Lipinski definition) is 5. The minimum atomic E-state index is -1.26. The maximum Gasteiger partial charge on any atom is 0.328 e. The number of carboxylic acids is 4. The lowest BCUT2D eigenvalue weighted by Gasteiger charge is -2.08. The van der Waals surface area contributed by atoms with Crippen LogP contribution in [0.1, 0.15) is 12.0 Å². The van der Waals surface area contributed by atoms with Crippen molar-refractivity contribution in [3.63, 3.8) is 0 Å². The molecule has 1 aromatic carbocycles. The quantitative estimate of drug-likeness (QED) is 0.123. The van der Waals surface area contributed by atoms with E-state index in [-0.39, 0.29) is 0 Å². The summed E-state index contributed by atoms with van der Waals surface area (Å²) in [7, 11) is 0. The van der Waals surface area contributed by atoms with Crippen LogP contribution >= 0.6 is 11.6 Å². The van der Waals surface area contributed by atoms with Crippen LogP contribution in [0.5, 0.6) is 0 Å². The van der Waals surface area contributed by atoms with Crippen LogP contribution in [-0.4, -0.2) is 72.7 Å². The van der Waals surface area contributed by atoms with Gasteiger partial charge in [0.2, 0.25) is 0 Å². The van der Waals surface area contributed by atoms with Gasteiger partial charge in [-0.2, -0.15) is 0 Å². The van der Waals surface area contributed by atoms with Crippen molar-refractivity contribution in [3.05, 3.63) is 77.9 Å². The van der Waals surface area contributed by atoms with Crippen molar-refractivity contribution in [2.24, 2.45) is 10.9 Å². The van der Waals surface area contributed by atoms with E-state index in [0.717, 1.165) is 24.2 Å². The lowest BCUT2D eigenvalue weighted by molar-refractivity contribution is -0.134. The normalized spacial score (nSPS) is 10.7. The Hall–Kier alpha value is -4.49. The first-order valence-electron chi connectivity index (χ1n) is 9.93. The van der Waals surface area contributed by atoms with Crippen LogP contribution < -0.4 is 5.73 Å². The molecule has 14 heteroatoms. The summed E-state index contributed by atoms with van der Waals surface area (Å²) in [6.07, 6.45) is 8.42. The Kier molecular flexibility index (Phi) is 16.5. The van der Waals surface area contributed by atoms with Gasteiger partial charge in [0.15, 0.2) is 0 Å². The van der Waals surface area contributed by atoms with Crippen molar-refractivity contribution in [1.82, 2.24) is 9.55 Å². The van der Waals surface area contributed by atoms with Crippen LogP contribution in [0.4, 0.5) is 0 Å². The third-order valence-corrected chi connectivity index (χ3v) is 3.72. The summed E-state index contributed by atoms with van der Waals surface area (Å²) in [6, 6.07) is 7.54. The average molecular weight is 525 g/mol. The minimum absolute atomic E-state index is 0.405. The van der Waals surface area contributed by atoms with E-state index < -0.39 is 23.9 Å². The summed E-state index contributed by atoms with van der Waals surface area (Å²) in [5.74, 6) is -5.03. The van der Waals surface area contributed by atoms with Gasteiger partial charge in [0.25, 0.3) is 0 Å². The lowest BCUT2D eigenvalue weighted by Crippen LogP contribution is -2.10. The fraction of sp³-hybridized carbons (Fsp3) is 0.182. The molecule has 194 valence electrons. The molecular formula is C22H25ClN4O9. The number of imidazole rings is 1. The highest BCUT2D eigenvalue weighted by atomic mass is 35.5. The van der Waals surface area contributed by atoms with Crippen LogP contribution in [0, 0.1) is 0 Å². The number of nitrogens with two attached hydrogens (primary N) is 1. The van der Waals surface area contributed by atoms with Crippen LogP contribution in [0.25, 0.3) is 0 Å². The number of aliphatic carboxylic acids is 4. The Morgan fingerprint density at radius 1 is 0.944 bits per heavy atom. The fourth-order valence-electron chi connectivity index (χ4n) is 2.00. The van der Waals surface area contributed by atoms with Crippen molar-refractivity contribution in [3.8, 4) is 0 Å². The van der Waals surface area contributed by atoms with Crippen molar-refractivity contribution in [2.45, 2.75) is 13.0 Å². The molecule has 1 heterocycles. The first kappa shape index (κ1) is 31.5. The molecule has 2 aromatic rings. The summed E-state index contributed by atoms with van der Waals surface area (Å²) < 4.78 is 1.99. The van der Waals surface area contributed by atoms with Crippen LogP contribution in [0.3, 0.4) is 0 Å². The summed E-state index contributed by atoms with van der Waals surface area (Å²) in [5.41, 5.74) is 7.26. The van der Waals surface area contributed by atoms with E-state index in [2.05, 4.69) is 10.1 Å². The van der Waals surface area contributed by atoms with Gasteiger partial charge in [-0.1, -0.05) is 28.9 Å². The molecule has 0 saturated heterocycles. The van der Waals surface area contributed by atoms with Gasteiger partial charge in [-0.3, -0.25) is 0 Å². The zero-order chi connectivity index (χ0) is 27.3. The van der Waals surface area contributed by atoms with Gasteiger partial charge in [-0.05, 0) is 17.7 Å². The molecule has 0 fully saturated rings. The zero-order valence-corrected chi connectivity index (χ0v) is 19.6. The van der Waals surface area contributed by atoms with Crippen LogP contribution in [0.2, 0.25) is 5.02 Å². The third-order valence-electron chi connectivity index (χ3n) is 3.46. The fourth-order valence-corrected chi connectivity index (χ4v) is 2.13. The number of carboxylic acid groups (broad SMARTS) is 4. The maximum absolute atomic E-state index is 9.55. The predicted molar refractivity (Wildman–Crippen MR) is 129 cm³/mol. The summed E-state index contributed by atoms with van der Waals surface area (Å²) in [5, 5.41) is 36.1. The Labute approximate surface area is 210 Å². The monoisotopic (exact) mass is 524 g/mol. The van der Waals surface area contributed by atoms with Gasteiger partial charge in [0.05, 0.1) is 12.0 Å². The smallest absolute Gasteiger partial charge is 0.328 e. The van der Waals surface area contributed by atoms with Crippen LogP contribution in [-0.2, 0) is 30.6 Å². The first-order valence-corrected chi connectivity index (χ1v) is 10.3. The van der Waals surface area contributed by atoms with Gasteiger partial charge in [-0.25, -0.2) is 24.2 Å². The summed E-state index contributed by atoms with van der Waals surface area (Å²) >= 11 is 5.90. The predicted octanol–water partition coefficient (Wildman–Crippen LogP) is 1.73. The van der Waals surface area contributed by atoms with E-state index in [4.69, 9.17) is 42.6 Å². The number of oxime groups is 1. The average Bonchev–Trinajstić information content (AvgIpc) is 3.34. The summed E-state index contributed by atoms with van der Waals surface area (Å²) in [6.45, 7) is 1.63. The molecule has 0 amide bonds. The molecule has 6 N–H and O–H groups in total. The summed E-state index contributed by atoms with van der Waals surface area (Å²) in [4.78, 5) is 47.4. The second-order valence-electron chi connectivity index (χ2n) is 6.24. The maximum atomic E-state index is 9.55. The van der Waals surface area contributed by atoms with E-state index in [1.165, 1.54) is 0 Å². The van der Waals surface area contributed by atoms with E-state index in [1.807, 2.05) is 35.0 Å². The Bertz CT molecular complexity index is 984. The molecule has 0 aliphatic heterocycles. The Morgan fingerprint density at radius 3 is 1.83 bits per heavy atom. The van der Waals surface area contributed by atoms with Gasteiger partial charge in [0.1, 0.15) is 6.61 Å². The standard InChI is InChI=1S/C14H17ClN4O.2C4H4O4/c15-13-3-1-12(2-4-13)14(18-20-10-6-16)5-8-19-9-7-17-11-19;2*5-3(6)1-2-4(7)8/h1-4,7,9,11H,5-6,8,10,16H2;2*1-2H,(H,5,6)(H,7,8)/b;2*2-1+. The third kappa shape index (κ3) is 18.0. The Morgan fingerprint density at radius 2 is 1.44 bits per heavy atom. The zero-order valence-electron chi connectivity index (χ0n) is 18.8. The Balaban J connectivity index is 0.000000634. The number of hydrogen-bond acceptors (Lipinski definition) is 8. The van der Waals surface area contributed by atoms with Crippen LogP contribution in [0.15, 0.2) is 72.4 Å². The molecule has 0 unspecified atom stereocenters. The highest BCUT2D eigenvalue weighted by Gasteiger charge is 2.05. The van der Waals surface area contributed by atoms with Crippen molar-refractivity contribution in [1.29, 1.82) is 0 Å². The topological polar surface area (TPSA) is 215 Å². The largest absolute Gasteiger partial charge is 0.478 e. The number of carbonyl (C=O) groups is 4. The molecule has 2 rings (SSSR count). The van der Waals surface area contributed by atoms with E-state index in [1.54, 1.807) is 12.5 Å². The molecule has 36 heavy (non-hydrogen) atoms. The van der Waals surface area contributed by atoms with Crippen molar-refractivity contribution in [2.75, 3.05) is 13.2 Å². The van der Waals surface area contributed by atoms with Gasteiger partial charge in [-0.15, -0.1) is 0 Å². The van der Waals surface area contributed by atoms with Gasteiger partial charge in [0, 0.05) is 61.2 Å². The molecule has 1 aromatic heterocycles. The number of aryl methyl sites for hydroxylation is 1. The highest BCUT2D eigenvalue weighted by Crippen LogP contribution is 2.12. The van der Waals surface area contributed by atoms with E-state index >= 15 is 0 Å². The first-order chi connectivity index (χ1) is 17.0. The number of rotatable bonds is 11. The molecule has 0 aliphatic rings. The molecular weight excluding hydrogens is 500 g/mol. The number of nitrogens with zero attached hydrogens (tertiary/aromatic N) is 3. The van der Waals surface area contributed by atoms with E-state index in [9.17, 15) is 19.2 Å². The molecule has 0 aliphatic carbocycles. The minimum Gasteiger partial charge on any atom is -0.478 e. The van der Waals surface area contributed by atoms with Gasteiger partial charge < -0.3 is 35.6 Å². The number of benzene rings is 1. The molecule has 0 saturated carbocycles. The molecule has 13 nitrogen and oxygen atoms in total. The molecule has 0 spiro atoms. The second kappa shape index (κ2) is 18.9. The SMILES string of the molecule is NCCON=C(CCn1ccnc1)c1ccc(Cl)cc1.O=C(O)/C=C/C(=O)O.O=C(O)/C=C/C(=O)O. The van der Waals surface area contributed by atoms with Crippen molar-refractivity contribution >= 4 is 41.2 Å². The molecule has 0 atom stereocenters. The number of halogens is 1. The molecule has 0 radical (unpaired) electrons. The molecule has 0 bridgehead atoms.